The van der Waals surface area contributed by atoms with E-state index in [1.807, 2.05) is 0 Å². The van der Waals surface area contributed by atoms with Crippen molar-refractivity contribution < 1.29 is 4.79 Å². The lowest BCUT2D eigenvalue weighted by Gasteiger charge is -2.33. The van der Waals surface area contributed by atoms with Crippen molar-refractivity contribution in [2.45, 2.75) is 33.6 Å². The van der Waals surface area contributed by atoms with E-state index >= 15 is 0 Å². The smallest absolute Gasteiger partial charge is 0.220 e. The molecular formula is C9H17NO. The van der Waals surface area contributed by atoms with E-state index < -0.39 is 0 Å². The first kappa shape index (κ1) is 8.57. The summed E-state index contributed by atoms with van der Waals surface area (Å²) >= 11 is 0. The zero-order valence-corrected chi connectivity index (χ0v) is 7.61. The highest BCUT2D eigenvalue weighted by Crippen LogP contribution is 2.30. The minimum atomic E-state index is 0.213. The van der Waals surface area contributed by atoms with Crippen LogP contribution in [-0.2, 0) is 4.79 Å². The van der Waals surface area contributed by atoms with Crippen molar-refractivity contribution in [2.75, 3.05) is 6.54 Å². The van der Waals surface area contributed by atoms with E-state index in [1.54, 1.807) is 0 Å². The highest BCUT2D eigenvalue weighted by atomic mass is 16.1. The molecule has 1 saturated heterocycles. The Hall–Kier alpha value is -0.530. The molecule has 1 rings (SSSR count). The van der Waals surface area contributed by atoms with Gasteiger partial charge in [-0.3, -0.25) is 4.79 Å². The normalized spacial score (nSPS) is 26.5. The van der Waals surface area contributed by atoms with Crippen LogP contribution in [0, 0.1) is 11.3 Å². The van der Waals surface area contributed by atoms with Crippen molar-refractivity contribution in [2.24, 2.45) is 11.3 Å². The Morgan fingerprint density at radius 3 is 2.45 bits per heavy atom. The molecule has 1 fully saturated rings. The Morgan fingerprint density at radius 1 is 1.45 bits per heavy atom. The molecule has 2 heteroatoms. The number of hydrogen-bond acceptors (Lipinski definition) is 1. The van der Waals surface area contributed by atoms with Gasteiger partial charge in [-0.05, 0) is 17.8 Å². The van der Waals surface area contributed by atoms with E-state index in [2.05, 4.69) is 26.1 Å². The van der Waals surface area contributed by atoms with Crippen LogP contribution in [0.1, 0.15) is 33.6 Å². The molecule has 1 amide bonds. The molecule has 0 spiro atoms. The van der Waals surface area contributed by atoms with Gasteiger partial charge in [0.2, 0.25) is 5.91 Å². The molecule has 64 valence electrons. The second-order valence-electron chi connectivity index (χ2n) is 4.41. The number of amides is 1. The third kappa shape index (κ3) is 2.21. The Kier molecular flexibility index (Phi) is 2.21. The van der Waals surface area contributed by atoms with Crippen LogP contribution in [0.4, 0.5) is 0 Å². The van der Waals surface area contributed by atoms with E-state index in [1.165, 1.54) is 0 Å². The predicted molar refractivity (Wildman–Crippen MR) is 45.2 cm³/mol. The lowest BCUT2D eigenvalue weighted by atomic mass is 9.77. The average Bonchev–Trinajstić information content (AvgIpc) is 1.86. The summed E-state index contributed by atoms with van der Waals surface area (Å²) in [6.45, 7) is 7.56. The van der Waals surface area contributed by atoms with Crippen LogP contribution in [0.2, 0.25) is 0 Å². The van der Waals surface area contributed by atoms with Crippen LogP contribution in [0.25, 0.3) is 0 Å². The molecule has 1 atom stereocenters. The second kappa shape index (κ2) is 2.84. The van der Waals surface area contributed by atoms with Crippen molar-refractivity contribution in [3.8, 4) is 0 Å². The fourth-order valence-electron chi connectivity index (χ4n) is 1.47. The number of carbonyl (C=O) groups excluding carboxylic acids is 1. The topological polar surface area (TPSA) is 29.1 Å². The second-order valence-corrected chi connectivity index (χ2v) is 4.41. The quantitative estimate of drug-likeness (QED) is 0.565. The lowest BCUT2D eigenvalue weighted by molar-refractivity contribution is -0.123. The molecule has 11 heavy (non-hydrogen) atoms. The van der Waals surface area contributed by atoms with Gasteiger partial charge in [-0.2, -0.15) is 0 Å². The number of piperidine rings is 1. The van der Waals surface area contributed by atoms with Crippen molar-refractivity contribution in [3.05, 3.63) is 0 Å². The van der Waals surface area contributed by atoms with Gasteiger partial charge in [0.05, 0.1) is 0 Å². The number of carbonyl (C=O) groups is 1. The maximum Gasteiger partial charge on any atom is 0.220 e. The van der Waals surface area contributed by atoms with Crippen molar-refractivity contribution in [1.29, 1.82) is 0 Å². The van der Waals surface area contributed by atoms with Crippen LogP contribution in [0.3, 0.4) is 0 Å². The summed E-state index contributed by atoms with van der Waals surface area (Å²) in [7, 11) is 0. The molecule has 0 bridgehead atoms. The van der Waals surface area contributed by atoms with Gasteiger partial charge >= 0.3 is 0 Å². The molecule has 1 unspecified atom stereocenters. The van der Waals surface area contributed by atoms with Crippen LogP contribution in [0.5, 0.6) is 0 Å². The van der Waals surface area contributed by atoms with Gasteiger partial charge in [0.25, 0.3) is 0 Å². The van der Waals surface area contributed by atoms with Crippen molar-refractivity contribution in [3.63, 3.8) is 0 Å². The molecule has 2 nitrogen and oxygen atoms in total. The van der Waals surface area contributed by atoms with Crippen LogP contribution < -0.4 is 5.32 Å². The minimum absolute atomic E-state index is 0.213. The molecule has 0 saturated carbocycles. The molecule has 0 aromatic heterocycles. The summed E-state index contributed by atoms with van der Waals surface area (Å²) in [5.74, 6) is 0.866. The fraction of sp³-hybridized carbons (Fsp3) is 0.889. The van der Waals surface area contributed by atoms with Crippen LogP contribution >= 0.6 is 0 Å². The summed E-state index contributed by atoms with van der Waals surface area (Å²) in [6, 6.07) is 0. The molecule has 0 aromatic carbocycles. The van der Waals surface area contributed by atoms with Gasteiger partial charge in [0, 0.05) is 13.0 Å². The molecule has 0 aliphatic carbocycles. The molecule has 1 N–H and O–H groups in total. The standard InChI is InChI=1S/C9H17NO/c1-9(2,3)7-4-5-8(11)10-6-7/h7H,4-6H2,1-3H3,(H,10,11). The highest BCUT2D eigenvalue weighted by molar-refractivity contribution is 5.76. The van der Waals surface area contributed by atoms with E-state index in [-0.39, 0.29) is 5.91 Å². The van der Waals surface area contributed by atoms with Gasteiger partial charge in [-0.15, -0.1) is 0 Å². The highest BCUT2D eigenvalue weighted by Gasteiger charge is 2.28. The lowest BCUT2D eigenvalue weighted by Crippen LogP contribution is -2.40. The fourth-order valence-corrected chi connectivity index (χ4v) is 1.47. The molecule has 1 aliphatic rings. The van der Waals surface area contributed by atoms with Crippen molar-refractivity contribution in [1.82, 2.24) is 5.32 Å². The first-order chi connectivity index (χ1) is 5.00. The van der Waals surface area contributed by atoms with E-state index in [0.29, 0.717) is 17.8 Å². The molecule has 1 aliphatic heterocycles. The summed E-state index contributed by atoms with van der Waals surface area (Å²) in [5.41, 5.74) is 0.341. The maximum atomic E-state index is 10.8. The predicted octanol–water partition coefficient (Wildman–Crippen LogP) is 1.56. The first-order valence-electron chi connectivity index (χ1n) is 4.27. The van der Waals surface area contributed by atoms with E-state index in [9.17, 15) is 4.79 Å². The number of rotatable bonds is 0. The molecular weight excluding hydrogens is 138 g/mol. The Morgan fingerprint density at radius 2 is 2.09 bits per heavy atom. The number of nitrogens with one attached hydrogen (secondary N) is 1. The van der Waals surface area contributed by atoms with Crippen LogP contribution in [0.15, 0.2) is 0 Å². The Balaban J connectivity index is 2.45. The first-order valence-corrected chi connectivity index (χ1v) is 4.27. The SMILES string of the molecule is CC(C)(C)C1CCC(=O)NC1. The average molecular weight is 155 g/mol. The van der Waals surface area contributed by atoms with E-state index in [0.717, 1.165) is 13.0 Å². The number of hydrogen-bond donors (Lipinski definition) is 1. The zero-order valence-electron chi connectivity index (χ0n) is 7.61. The summed E-state index contributed by atoms with van der Waals surface area (Å²) in [6.07, 6.45) is 1.76. The molecule has 0 radical (unpaired) electrons. The third-order valence-corrected chi connectivity index (χ3v) is 2.49. The monoisotopic (exact) mass is 155 g/mol. The van der Waals surface area contributed by atoms with Gasteiger partial charge in [0.1, 0.15) is 0 Å². The Bertz CT molecular complexity index is 147. The maximum absolute atomic E-state index is 10.8. The summed E-state index contributed by atoms with van der Waals surface area (Å²) in [5, 5.41) is 2.90. The Labute approximate surface area is 68.4 Å². The minimum Gasteiger partial charge on any atom is -0.356 e. The summed E-state index contributed by atoms with van der Waals surface area (Å²) in [4.78, 5) is 10.8. The molecule has 0 aromatic rings. The summed E-state index contributed by atoms with van der Waals surface area (Å²) < 4.78 is 0. The van der Waals surface area contributed by atoms with E-state index in [4.69, 9.17) is 0 Å². The largest absolute Gasteiger partial charge is 0.356 e. The van der Waals surface area contributed by atoms with Crippen molar-refractivity contribution >= 4 is 5.91 Å². The van der Waals surface area contributed by atoms with Gasteiger partial charge in [0.15, 0.2) is 0 Å². The van der Waals surface area contributed by atoms with Gasteiger partial charge in [-0.25, -0.2) is 0 Å². The third-order valence-electron chi connectivity index (χ3n) is 2.49. The van der Waals surface area contributed by atoms with Crippen LogP contribution in [-0.4, -0.2) is 12.5 Å². The zero-order chi connectivity index (χ0) is 8.48. The van der Waals surface area contributed by atoms with Gasteiger partial charge < -0.3 is 5.32 Å². The molecule has 1 heterocycles. The van der Waals surface area contributed by atoms with Gasteiger partial charge in [-0.1, -0.05) is 20.8 Å².